The van der Waals surface area contributed by atoms with Crippen molar-refractivity contribution in [2.45, 2.75) is 32.4 Å². The number of nitrogens with one attached hydrogen (secondary N) is 2. The second-order valence-corrected chi connectivity index (χ2v) is 6.76. The number of guanidine groups is 1. The molecule has 2 N–H and O–H groups in total. The molecule has 0 aliphatic rings. The van der Waals surface area contributed by atoms with E-state index in [1.54, 1.807) is 19.2 Å². The molecule has 2 aromatic rings. The molecular weight excluding hydrogens is 531 g/mol. The minimum absolute atomic E-state index is 0. The average molecular weight is 563 g/mol. The summed E-state index contributed by atoms with van der Waals surface area (Å²) in [4.78, 5) is 4.16. The summed E-state index contributed by atoms with van der Waals surface area (Å²) in [5.74, 6) is 1.25. The summed E-state index contributed by atoms with van der Waals surface area (Å²) in [7, 11) is 3.18. The van der Waals surface area contributed by atoms with E-state index in [1.807, 2.05) is 18.2 Å². The van der Waals surface area contributed by atoms with Crippen LogP contribution in [-0.2, 0) is 17.7 Å². The Morgan fingerprint density at radius 1 is 1.03 bits per heavy atom. The predicted octanol–water partition coefficient (Wildman–Crippen LogP) is 4.62. The first-order valence-corrected chi connectivity index (χ1v) is 10.3. The highest BCUT2D eigenvalue weighted by Gasteiger charge is 2.11. The standard InChI is InChI=1S/C23H31F2N3O3.HI/c1-26-23(27-13-6-7-14-30-15-12-18-8-4-3-5-9-18)28-17-19-16-20(29-2)10-11-21(19)31-22(24)25;/h3-5,8-11,16,22H,6-7,12-15,17H2,1-2H3,(H2,26,27,28);1H. The lowest BCUT2D eigenvalue weighted by Gasteiger charge is -2.15. The van der Waals surface area contributed by atoms with Crippen LogP contribution in [-0.4, -0.2) is 46.5 Å². The molecule has 178 valence electrons. The van der Waals surface area contributed by atoms with E-state index in [0.29, 0.717) is 30.5 Å². The maximum Gasteiger partial charge on any atom is 0.387 e. The molecular formula is C23H32F2IN3O3. The Balaban J connectivity index is 0.00000512. The number of benzene rings is 2. The number of aliphatic imine (C=N–C) groups is 1. The van der Waals surface area contributed by atoms with Gasteiger partial charge in [-0.05, 0) is 43.0 Å². The van der Waals surface area contributed by atoms with Crippen molar-refractivity contribution in [3.05, 3.63) is 59.7 Å². The van der Waals surface area contributed by atoms with Gasteiger partial charge in [0.25, 0.3) is 0 Å². The van der Waals surface area contributed by atoms with Crippen molar-refractivity contribution in [3.8, 4) is 11.5 Å². The SMILES string of the molecule is CN=C(NCCCCOCCc1ccccc1)NCc1cc(OC)ccc1OC(F)F.I. The van der Waals surface area contributed by atoms with Crippen molar-refractivity contribution < 1.29 is 23.0 Å². The number of rotatable bonds is 13. The van der Waals surface area contributed by atoms with Gasteiger partial charge in [0.15, 0.2) is 5.96 Å². The summed E-state index contributed by atoms with van der Waals surface area (Å²) in [5.41, 5.74) is 1.83. The van der Waals surface area contributed by atoms with Gasteiger partial charge in [0, 0.05) is 32.3 Å². The molecule has 0 spiro atoms. The highest BCUT2D eigenvalue weighted by Crippen LogP contribution is 2.25. The van der Waals surface area contributed by atoms with Crippen molar-refractivity contribution in [1.29, 1.82) is 0 Å². The fraction of sp³-hybridized carbons (Fsp3) is 0.435. The molecule has 0 saturated heterocycles. The van der Waals surface area contributed by atoms with Crippen molar-refractivity contribution in [2.75, 3.05) is 33.9 Å². The van der Waals surface area contributed by atoms with Gasteiger partial charge in [-0.3, -0.25) is 4.99 Å². The highest BCUT2D eigenvalue weighted by atomic mass is 127. The van der Waals surface area contributed by atoms with Crippen molar-refractivity contribution in [2.24, 2.45) is 4.99 Å². The van der Waals surface area contributed by atoms with Crippen LogP contribution in [0.25, 0.3) is 0 Å². The Morgan fingerprint density at radius 2 is 1.81 bits per heavy atom. The van der Waals surface area contributed by atoms with E-state index in [1.165, 1.54) is 18.7 Å². The molecule has 0 bridgehead atoms. The molecule has 0 aromatic heterocycles. The molecule has 0 radical (unpaired) electrons. The van der Waals surface area contributed by atoms with Gasteiger partial charge >= 0.3 is 6.61 Å². The van der Waals surface area contributed by atoms with Crippen LogP contribution >= 0.6 is 24.0 Å². The van der Waals surface area contributed by atoms with Crippen LogP contribution in [0.4, 0.5) is 8.78 Å². The first kappa shape index (κ1) is 27.9. The van der Waals surface area contributed by atoms with Crippen LogP contribution in [0, 0.1) is 0 Å². The molecule has 0 aliphatic heterocycles. The number of ether oxygens (including phenoxy) is 3. The van der Waals surface area contributed by atoms with Gasteiger partial charge in [-0.25, -0.2) is 0 Å². The zero-order valence-corrected chi connectivity index (χ0v) is 20.8. The quantitative estimate of drug-likeness (QED) is 0.161. The minimum atomic E-state index is -2.89. The first-order chi connectivity index (χ1) is 15.1. The molecule has 2 aromatic carbocycles. The maximum absolute atomic E-state index is 12.6. The predicted molar refractivity (Wildman–Crippen MR) is 133 cm³/mol. The molecule has 0 aliphatic carbocycles. The Morgan fingerprint density at radius 3 is 2.50 bits per heavy atom. The number of unbranched alkanes of at least 4 members (excludes halogenated alkanes) is 1. The van der Waals surface area contributed by atoms with Crippen molar-refractivity contribution >= 4 is 29.9 Å². The molecule has 2 rings (SSSR count). The third-order valence-electron chi connectivity index (χ3n) is 4.54. The molecule has 0 fully saturated rings. The lowest BCUT2D eigenvalue weighted by Crippen LogP contribution is -2.37. The van der Waals surface area contributed by atoms with E-state index in [0.717, 1.165) is 25.8 Å². The van der Waals surface area contributed by atoms with Crippen LogP contribution in [0.15, 0.2) is 53.5 Å². The zero-order valence-electron chi connectivity index (χ0n) is 18.5. The van der Waals surface area contributed by atoms with Gasteiger partial charge in [-0.2, -0.15) is 8.78 Å². The molecule has 0 atom stereocenters. The summed E-state index contributed by atoms with van der Waals surface area (Å²) in [6.07, 6.45) is 2.77. The topological polar surface area (TPSA) is 64.1 Å². The molecule has 0 amide bonds. The number of halogens is 3. The first-order valence-electron chi connectivity index (χ1n) is 10.3. The van der Waals surface area contributed by atoms with Crippen LogP contribution in [0.5, 0.6) is 11.5 Å². The van der Waals surface area contributed by atoms with Crippen molar-refractivity contribution in [1.82, 2.24) is 10.6 Å². The maximum atomic E-state index is 12.6. The fourth-order valence-corrected chi connectivity index (χ4v) is 2.90. The number of alkyl halides is 2. The molecule has 0 heterocycles. The molecule has 9 heteroatoms. The van der Waals surface area contributed by atoms with E-state index >= 15 is 0 Å². The Bertz CT molecular complexity index is 795. The molecule has 0 saturated carbocycles. The third kappa shape index (κ3) is 10.9. The van der Waals surface area contributed by atoms with E-state index in [-0.39, 0.29) is 36.3 Å². The summed E-state index contributed by atoms with van der Waals surface area (Å²) in [5, 5.41) is 6.32. The third-order valence-corrected chi connectivity index (χ3v) is 4.54. The second kappa shape index (κ2) is 16.5. The Kier molecular flexibility index (Phi) is 14.4. The average Bonchev–Trinajstić information content (AvgIpc) is 2.78. The van der Waals surface area contributed by atoms with Gasteiger partial charge in [0.05, 0.1) is 13.7 Å². The summed E-state index contributed by atoms with van der Waals surface area (Å²) in [6.45, 7) is -0.482. The lowest BCUT2D eigenvalue weighted by atomic mass is 10.2. The Hall–Kier alpha value is -2.14. The van der Waals surface area contributed by atoms with Crippen LogP contribution < -0.4 is 20.1 Å². The largest absolute Gasteiger partial charge is 0.497 e. The smallest absolute Gasteiger partial charge is 0.387 e. The van der Waals surface area contributed by atoms with Crippen LogP contribution in [0.3, 0.4) is 0 Å². The number of nitrogens with zero attached hydrogens (tertiary/aromatic N) is 1. The molecule has 0 unspecified atom stereocenters. The summed E-state index contributed by atoms with van der Waals surface area (Å²) in [6, 6.07) is 15.0. The Labute approximate surface area is 205 Å². The van der Waals surface area contributed by atoms with Crippen LogP contribution in [0.2, 0.25) is 0 Å². The van der Waals surface area contributed by atoms with Gasteiger partial charge in [0.2, 0.25) is 0 Å². The summed E-state index contributed by atoms with van der Waals surface area (Å²) >= 11 is 0. The van der Waals surface area contributed by atoms with Crippen LogP contribution in [0.1, 0.15) is 24.0 Å². The number of methoxy groups -OCH3 is 1. The lowest BCUT2D eigenvalue weighted by molar-refractivity contribution is -0.0505. The highest BCUT2D eigenvalue weighted by molar-refractivity contribution is 14.0. The molecule has 6 nitrogen and oxygen atoms in total. The van der Waals surface area contributed by atoms with Crippen molar-refractivity contribution in [3.63, 3.8) is 0 Å². The van der Waals surface area contributed by atoms with Gasteiger partial charge in [-0.1, -0.05) is 30.3 Å². The zero-order chi connectivity index (χ0) is 22.3. The minimum Gasteiger partial charge on any atom is -0.497 e. The fourth-order valence-electron chi connectivity index (χ4n) is 2.90. The van der Waals surface area contributed by atoms with Gasteiger partial charge in [0.1, 0.15) is 11.5 Å². The number of hydrogen-bond donors (Lipinski definition) is 2. The van der Waals surface area contributed by atoms with Gasteiger partial charge < -0.3 is 24.8 Å². The molecule has 32 heavy (non-hydrogen) atoms. The summed E-state index contributed by atoms with van der Waals surface area (Å²) < 4.78 is 40.7. The number of hydrogen-bond acceptors (Lipinski definition) is 4. The monoisotopic (exact) mass is 563 g/mol. The normalized spacial score (nSPS) is 11.1. The van der Waals surface area contributed by atoms with Gasteiger partial charge in [-0.15, -0.1) is 24.0 Å². The van der Waals surface area contributed by atoms with E-state index in [4.69, 9.17) is 9.47 Å². The van der Waals surface area contributed by atoms with E-state index in [2.05, 4.69) is 32.5 Å². The van der Waals surface area contributed by atoms with E-state index < -0.39 is 6.61 Å². The van der Waals surface area contributed by atoms with E-state index in [9.17, 15) is 8.78 Å². The second-order valence-electron chi connectivity index (χ2n) is 6.76.